The summed E-state index contributed by atoms with van der Waals surface area (Å²) in [7, 11) is 0. The molecule has 0 bridgehead atoms. The Kier molecular flexibility index (Phi) is 7.40. The average molecular weight is 283 g/mol. The summed E-state index contributed by atoms with van der Waals surface area (Å²) in [5.74, 6) is 0. The van der Waals surface area contributed by atoms with Crippen molar-refractivity contribution in [2.75, 3.05) is 13.2 Å². The molecule has 1 aliphatic carbocycles. The van der Waals surface area contributed by atoms with Crippen LogP contribution in [-0.2, 0) is 9.47 Å². The minimum absolute atomic E-state index is 0.0839. The molecule has 0 aromatic rings. The number of hydrogen-bond donors (Lipinski definition) is 3. The first kappa shape index (κ1) is 17.3. The summed E-state index contributed by atoms with van der Waals surface area (Å²) in [6.07, 6.45) is 3.62. The summed E-state index contributed by atoms with van der Waals surface area (Å²) < 4.78 is 10.8. The zero-order chi connectivity index (χ0) is 15.1. The molecule has 1 rings (SSSR count). The van der Waals surface area contributed by atoms with Crippen molar-refractivity contribution in [3.05, 3.63) is 22.8 Å². The molecule has 20 heavy (non-hydrogen) atoms. The Morgan fingerprint density at radius 3 is 2.60 bits per heavy atom. The smallest absolute Gasteiger partial charge is 0.161 e. The van der Waals surface area contributed by atoms with Crippen LogP contribution in [-0.4, -0.2) is 31.8 Å². The van der Waals surface area contributed by atoms with E-state index in [-0.39, 0.29) is 12.7 Å². The van der Waals surface area contributed by atoms with Gasteiger partial charge in [0.1, 0.15) is 6.23 Å². The Balaban J connectivity index is 2.29. The van der Waals surface area contributed by atoms with Gasteiger partial charge >= 0.3 is 0 Å². The molecular formula is C15H29N3O2. The van der Waals surface area contributed by atoms with E-state index in [2.05, 4.69) is 25.2 Å². The number of allylic oxidation sites excluding steroid dienone is 2. The van der Waals surface area contributed by atoms with Gasteiger partial charge in [0.25, 0.3) is 0 Å². The molecule has 0 aromatic carbocycles. The molecule has 5 nitrogen and oxygen atoms in total. The highest BCUT2D eigenvalue weighted by atomic mass is 16.6. The number of nitrogens with two attached hydrogens (primary N) is 2. The van der Waals surface area contributed by atoms with E-state index in [4.69, 9.17) is 20.9 Å². The molecular weight excluding hydrogens is 254 g/mol. The number of nitrogens with one attached hydrogen (secondary N) is 1. The molecule has 0 amide bonds. The normalized spacial score (nSPS) is 19.2. The van der Waals surface area contributed by atoms with Gasteiger partial charge in [0.2, 0.25) is 0 Å². The van der Waals surface area contributed by atoms with Gasteiger partial charge in [-0.1, -0.05) is 17.2 Å². The molecule has 0 aromatic heterocycles. The zero-order valence-corrected chi connectivity index (χ0v) is 13.1. The van der Waals surface area contributed by atoms with Crippen LogP contribution in [0.5, 0.6) is 0 Å². The number of rotatable bonds is 8. The van der Waals surface area contributed by atoms with Gasteiger partial charge in [-0.15, -0.1) is 0 Å². The van der Waals surface area contributed by atoms with Crippen LogP contribution in [0.25, 0.3) is 0 Å². The van der Waals surface area contributed by atoms with Crippen LogP contribution in [0, 0.1) is 0 Å². The molecule has 5 N–H and O–H groups in total. The highest BCUT2D eigenvalue weighted by molar-refractivity contribution is 5.37. The molecule has 2 unspecified atom stereocenters. The van der Waals surface area contributed by atoms with Crippen molar-refractivity contribution in [1.29, 1.82) is 0 Å². The Bertz CT molecular complexity index is 364. The fourth-order valence-electron chi connectivity index (χ4n) is 2.26. The molecule has 0 heterocycles. The van der Waals surface area contributed by atoms with E-state index in [1.54, 1.807) is 0 Å². The van der Waals surface area contributed by atoms with Crippen molar-refractivity contribution in [1.82, 2.24) is 5.32 Å². The minimum Gasteiger partial charge on any atom is -0.358 e. The lowest BCUT2D eigenvalue weighted by Gasteiger charge is -2.22. The molecule has 5 heteroatoms. The van der Waals surface area contributed by atoms with Crippen molar-refractivity contribution in [2.24, 2.45) is 11.5 Å². The lowest BCUT2D eigenvalue weighted by Crippen LogP contribution is -2.44. The number of hydrogen-bond acceptors (Lipinski definition) is 5. The second-order valence-corrected chi connectivity index (χ2v) is 5.54. The first-order valence-electron chi connectivity index (χ1n) is 7.27. The first-order valence-corrected chi connectivity index (χ1v) is 7.27. The molecule has 116 valence electrons. The Labute approximate surface area is 122 Å². The molecule has 0 saturated carbocycles. The van der Waals surface area contributed by atoms with E-state index >= 15 is 0 Å². The maximum absolute atomic E-state index is 5.87. The van der Waals surface area contributed by atoms with Crippen molar-refractivity contribution in [2.45, 2.75) is 59.2 Å². The first-order chi connectivity index (χ1) is 9.40. The van der Waals surface area contributed by atoms with Gasteiger partial charge in [-0.3, -0.25) is 11.1 Å². The van der Waals surface area contributed by atoms with Gasteiger partial charge in [0.05, 0.1) is 12.7 Å². The van der Waals surface area contributed by atoms with Crippen LogP contribution in [0.15, 0.2) is 22.8 Å². The van der Waals surface area contributed by atoms with E-state index in [0.29, 0.717) is 0 Å². The van der Waals surface area contributed by atoms with Crippen molar-refractivity contribution >= 4 is 0 Å². The summed E-state index contributed by atoms with van der Waals surface area (Å²) in [6, 6.07) is 0. The van der Waals surface area contributed by atoms with Gasteiger partial charge in [0, 0.05) is 6.54 Å². The van der Waals surface area contributed by atoms with Crippen molar-refractivity contribution < 1.29 is 9.47 Å². The Hall–Kier alpha value is -0.720. The van der Waals surface area contributed by atoms with Crippen LogP contribution in [0.1, 0.15) is 40.5 Å². The fourth-order valence-corrected chi connectivity index (χ4v) is 2.26. The average Bonchev–Trinajstić information content (AvgIpc) is 2.35. The molecule has 0 fully saturated rings. The van der Waals surface area contributed by atoms with E-state index in [9.17, 15) is 0 Å². The minimum atomic E-state index is -0.535. The second kappa shape index (κ2) is 8.54. The van der Waals surface area contributed by atoms with Crippen molar-refractivity contribution in [3.8, 4) is 0 Å². The maximum atomic E-state index is 5.87. The van der Waals surface area contributed by atoms with Gasteiger partial charge < -0.3 is 15.2 Å². The monoisotopic (exact) mass is 283 g/mol. The summed E-state index contributed by atoms with van der Waals surface area (Å²) in [4.78, 5) is 0. The van der Waals surface area contributed by atoms with E-state index in [1.165, 1.54) is 16.7 Å². The second-order valence-electron chi connectivity index (χ2n) is 5.54. The quantitative estimate of drug-likeness (QED) is 0.589. The third-order valence-electron chi connectivity index (χ3n) is 3.33. The summed E-state index contributed by atoms with van der Waals surface area (Å²) in [5.41, 5.74) is 15.7. The Morgan fingerprint density at radius 2 is 2.00 bits per heavy atom. The van der Waals surface area contributed by atoms with Gasteiger partial charge in [-0.25, -0.2) is 0 Å². The third-order valence-corrected chi connectivity index (χ3v) is 3.33. The molecule has 1 aliphatic rings. The molecule has 2 atom stereocenters. The van der Waals surface area contributed by atoms with E-state index in [1.807, 2.05) is 13.8 Å². The topological polar surface area (TPSA) is 82.5 Å². The third kappa shape index (κ3) is 6.15. The predicted molar refractivity (Wildman–Crippen MR) is 81.8 cm³/mol. The Morgan fingerprint density at radius 1 is 1.30 bits per heavy atom. The van der Waals surface area contributed by atoms with Crippen LogP contribution in [0.2, 0.25) is 0 Å². The highest BCUT2D eigenvalue weighted by Gasteiger charge is 2.12. The predicted octanol–water partition coefficient (Wildman–Crippen LogP) is 1.60. The fraction of sp³-hybridized carbons (Fsp3) is 0.733. The summed E-state index contributed by atoms with van der Waals surface area (Å²) >= 11 is 0. The largest absolute Gasteiger partial charge is 0.358 e. The lowest BCUT2D eigenvalue weighted by atomic mass is 9.93. The zero-order valence-electron chi connectivity index (χ0n) is 13.1. The van der Waals surface area contributed by atoms with Crippen molar-refractivity contribution in [3.63, 3.8) is 0 Å². The number of ether oxygens (including phenoxy) is 2. The SMILES string of the molecule is CC1=CCCC(C)=C1CNC(N)OCC(N)OC(C)C. The highest BCUT2D eigenvalue weighted by Crippen LogP contribution is 2.23. The van der Waals surface area contributed by atoms with Crippen LogP contribution < -0.4 is 16.8 Å². The van der Waals surface area contributed by atoms with Gasteiger partial charge in [0.15, 0.2) is 6.35 Å². The van der Waals surface area contributed by atoms with Crippen LogP contribution >= 0.6 is 0 Å². The summed E-state index contributed by atoms with van der Waals surface area (Å²) in [5, 5.41) is 3.17. The van der Waals surface area contributed by atoms with Gasteiger partial charge in [-0.2, -0.15) is 0 Å². The molecule has 0 spiro atoms. The maximum Gasteiger partial charge on any atom is 0.161 e. The van der Waals surface area contributed by atoms with Crippen LogP contribution in [0.3, 0.4) is 0 Å². The summed E-state index contributed by atoms with van der Waals surface area (Å²) in [6.45, 7) is 9.18. The standard InChI is InChI=1S/C15H29N3O2/c1-10(2)20-14(16)9-19-15(17)18-8-13-11(3)6-5-7-12(13)4/h6,10,14-15,18H,5,7-9,16-17H2,1-4H3. The molecule has 0 aliphatic heterocycles. The van der Waals surface area contributed by atoms with E-state index < -0.39 is 12.6 Å². The van der Waals surface area contributed by atoms with Gasteiger partial charge in [-0.05, 0) is 46.1 Å². The molecule has 0 radical (unpaired) electrons. The van der Waals surface area contributed by atoms with E-state index in [0.717, 1.165) is 19.4 Å². The molecule has 0 saturated heterocycles. The van der Waals surface area contributed by atoms with Crippen LogP contribution in [0.4, 0.5) is 0 Å². The lowest BCUT2D eigenvalue weighted by molar-refractivity contribution is -0.0677.